The zero-order valence-electron chi connectivity index (χ0n) is 11.9. The number of benzene rings is 1. The lowest BCUT2D eigenvalue weighted by Crippen LogP contribution is -2.29. The van der Waals surface area contributed by atoms with Crippen molar-refractivity contribution in [3.63, 3.8) is 0 Å². The van der Waals surface area contributed by atoms with Crippen molar-refractivity contribution in [3.05, 3.63) is 52.8 Å². The number of rotatable bonds is 4. The highest BCUT2D eigenvalue weighted by Crippen LogP contribution is 2.27. The van der Waals surface area contributed by atoms with Gasteiger partial charge in [0.15, 0.2) is 0 Å². The molecule has 4 nitrogen and oxygen atoms in total. The van der Waals surface area contributed by atoms with E-state index in [1.165, 1.54) is 29.2 Å². The van der Waals surface area contributed by atoms with Crippen molar-refractivity contribution in [1.82, 2.24) is 15.6 Å². The molecule has 0 saturated carbocycles. The zero-order valence-corrected chi connectivity index (χ0v) is 12.8. The Labute approximate surface area is 132 Å². The molecule has 2 N–H and O–H groups in total. The largest absolute Gasteiger partial charge is 0.348 e. The highest BCUT2D eigenvalue weighted by atomic mass is 32.1. The number of aromatic nitrogens is 1. The van der Waals surface area contributed by atoms with Crippen LogP contribution in [0.5, 0.6) is 0 Å². The molecule has 2 aromatic rings. The summed E-state index contributed by atoms with van der Waals surface area (Å²) in [7, 11) is 0. The predicted molar refractivity (Wildman–Crippen MR) is 85.4 cm³/mol. The van der Waals surface area contributed by atoms with Crippen molar-refractivity contribution in [2.75, 3.05) is 19.6 Å². The van der Waals surface area contributed by atoms with Gasteiger partial charge in [-0.1, -0.05) is 23.8 Å². The van der Waals surface area contributed by atoms with Gasteiger partial charge in [0, 0.05) is 18.7 Å². The molecule has 0 atom stereocenters. The predicted octanol–water partition coefficient (Wildman–Crippen LogP) is 2.60. The molecule has 3 rings (SSSR count). The number of halogens is 1. The van der Waals surface area contributed by atoms with Crippen LogP contribution in [0.2, 0.25) is 0 Å². The van der Waals surface area contributed by atoms with Crippen molar-refractivity contribution in [2.24, 2.45) is 0 Å². The van der Waals surface area contributed by atoms with Gasteiger partial charge in [-0.05, 0) is 25.1 Å². The summed E-state index contributed by atoms with van der Waals surface area (Å²) in [4.78, 5) is 16.8. The Hall–Kier alpha value is -2.05. The van der Waals surface area contributed by atoms with Gasteiger partial charge in [0.1, 0.15) is 15.7 Å². The lowest BCUT2D eigenvalue weighted by atomic mass is 10.1. The summed E-state index contributed by atoms with van der Waals surface area (Å²) in [5, 5.41) is 6.64. The fourth-order valence-corrected chi connectivity index (χ4v) is 3.11. The standard InChI is InChI=1S/C16H16FN3OS/c17-13-4-2-1-3-12(13)16-20-10-14(22-16)15(21)19-9-11-5-7-18-8-6-11/h1-5,10,18H,6-9H2,(H,19,21). The average Bonchev–Trinajstić information content (AvgIpc) is 3.04. The molecule has 0 radical (unpaired) electrons. The molecular weight excluding hydrogens is 301 g/mol. The molecular formula is C16H16FN3OS. The van der Waals surface area contributed by atoms with Crippen LogP contribution in [0.1, 0.15) is 16.1 Å². The van der Waals surface area contributed by atoms with Gasteiger partial charge in [-0.3, -0.25) is 4.79 Å². The molecule has 1 aromatic heterocycles. The lowest BCUT2D eigenvalue weighted by molar-refractivity contribution is 0.0960. The third-order valence-corrected chi connectivity index (χ3v) is 4.50. The van der Waals surface area contributed by atoms with Crippen molar-refractivity contribution in [2.45, 2.75) is 6.42 Å². The minimum absolute atomic E-state index is 0.167. The number of nitrogens with zero attached hydrogens (tertiary/aromatic N) is 1. The van der Waals surface area contributed by atoms with E-state index in [2.05, 4.69) is 21.7 Å². The van der Waals surface area contributed by atoms with Crippen molar-refractivity contribution < 1.29 is 9.18 Å². The third-order valence-electron chi connectivity index (χ3n) is 3.47. The normalized spacial score (nSPS) is 14.5. The summed E-state index contributed by atoms with van der Waals surface area (Å²) in [5.41, 5.74) is 1.65. The Kier molecular flexibility index (Phi) is 4.60. The molecule has 1 aliphatic rings. The number of amides is 1. The van der Waals surface area contributed by atoms with Crippen LogP contribution in [0.25, 0.3) is 10.6 Å². The molecule has 1 aromatic carbocycles. The summed E-state index contributed by atoms with van der Waals surface area (Å²) >= 11 is 1.20. The fourth-order valence-electron chi connectivity index (χ4n) is 2.25. The molecule has 1 amide bonds. The van der Waals surface area contributed by atoms with Gasteiger partial charge < -0.3 is 10.6 Å². The second-order valence-corrected chi connectivity index (χ2v) is 6.04. The second kappa shape index (κ2) is 6.81. The van der Waals surface area contributed by atoms with E-state index in [1.54, 1.807) is 18.2 Å². The quantitative estimate of drug-likeness (QED) is 0.852. The fraction of sp³-hybridized carbons (Fsp3) is 0.250. The Bertz CT molecular complexity index is 711. The van der Waals surface area contributed by atoms with E-state index in [-0.39, 0.29) is 11.7 Å². The summed E-state index contributed by atoms with van der Waals surface area (Å²) in [6.07, 6.45) is 4.54. The molecule has 0 saturated heterocycles. The number of hydrogen-bond acceptors (Lipinski definition) is 4. The number of carbonyl (C=O) groups excluding carboxylic acids is 1. The molecule has 0 aliphatic carbocycles. The van der Waals surface area contributed by atoms with E-state index < -0.39 is 0 Å². The van der Waals surface area contributed by atoms with Gasteiger partial charge in [0.05, 0.1) is 6.20 Å². The monoisotopic (exact) mass is 317 g/mol. The summed E-state index contributed by atoms with van der Waals surface area (Å²) in [6.45, 7) is 2.34. The van der Waals surface area contributed by atoms with Crippen LogP contribution in [0.3, 0.4) is 0 Å². The van der Waals surface area contributed by atoms with Crippen molar-refractivity contribution in [1.29, 1.82) is 0 Å². The van der Waals surface area contributed by atoms with Gasteiger partial charge in [-0.2, -0.15) is 0 Å². The van der Waals surface area contributed by atoms with Crippen LogP contribution in [-0.4, -0.2) is 30.5 Å². The molecule has 0 bridgehead atoms. The van der Waals surface area contributed by atoms with Crippen LogP contribution in [0.15, 0.2) is 42.1 Å². The number of thiazole rings is 1. The number of nitrogens with one attached hydrogen (secondary N) is 2. The smallest absolute Gasteiger partial charge is 0.263 e. The maximum absolute atomic E-state index is 13.7. The maximum atomic E-state index is 13.7. The maximum Gasteiger partial charge on any atom is 0.263 e. The first-order chi connectivity index (χ1) is 10.7. The first kappa shape index (κ1) is 14.9. The molecule has 0 fully saturated rings. The van der Waals surface area contributed by atoms with Crippen LogP contribution < -0.4 is 10.6 Å². The van der Waals surface area contributed by atoms with Crippen molar-refractivity contribution >= 4 is 17.2 Å². The minimum atomic E-state index is -0.330. The van der Waals surface area contributed by atoms with Gasteiger partial charge in [0.2, 0.25) is 0 Å². The molecule has 114 valence electrons. The van der Waals surface area contributed by atoms with E-state index in [4.69, 9.17) is 0 Å². The molecule has 22 heavy (non-hydrogen) atoms. The van der Waals surface area contributed by atoms with Crippen LogP contribution in [-0.2, 0) is 0 Å². The third kappa shape index (κ3) is 3.40. The Morgan fingerprint density at radius 2 is 2.27 bits per heavy atom. The molecule has 0 unspecified atom stereocenters. The van der Waals surface area contributed by atoms with E-state index >= 15 is 0 Å². The van der Waals surface area contributed by atoms with E-state index in [0.29, 0.717) is 22.0 Å². The Balaban J connectivity index is 1.67. The van der Waals surface area contributed by atoms with Crippen molar-refractivity contribution in [3.8, 4) is 10.6 Å². The van der Waals surface area contributed by atoms with Crippen LogP contribution >= 0.6 is 11.3 Å². The highest BCUT2D eigenvalue weighted by molar-refractivity contribution is 7.16. The molecule has 1 aliphatic heterocycles. The SMILES string of the molecule is O=C(NCC1=CCNCC1)c1cnc(-c2ccccc2F)s1. The topological polar surface area (TPSA) is 54.0 Å². The summed E-state index contributed by atoms with van der Waals surface area (Å²) in [6, 6.07) is 6.44. The second-order valence-electron chi connectivity index (χ2n) is 5.01. The Morgan fingerprint density at radius 3 is 3.05 bits per heavy atom. The highest BCUT2D eigenvalue weighted by Gasteiger charge is 2.14. The van der Waals surface area contributed by atoms with E-state index in [0.717, 1.165) is 19.5 Å². The first-order valence-corrected chi connectivity index (χ1v) is 7.93. The number of carbonyl (C=O) groups is 1. The minimum Gasteiger partial charge on any atom is -0.348 e. The zero-order chi connectivity index (χ0) is 15.4. The lowest BCUT2D eigenvalue weighted by Gasteiger charge is -2.14. The van der Waals surface area contributed by atoms with Crippen LogP contribution in [0, 0.1) is 5.82 Å². The molecule has 0 spiro atoms. The summed E-state index contributed by atoms with van der Waals surface area (Å²) < 4.78 is 13.7. The molecule has 2 heterocycles. The summed E-state index contributed by atoms with van der Waals surface area (Å²) in [5.74, 6) is -0.497. The van der Waals surface area contributed by atoms with Crippen LogP contribution in [0.4, 0.5) is 4.39 Å². The van der Waals surface area contributed by atoms with E-state index in [1.807, 2.05) is 0 Å². The first-order valence-electron chi connectivity index (χ1n) is 7.11. The van der Waals surface area contributed by atoms with Gasteiger partial charge in [-0.25, -0.2) is 9.37 Å². The average molecular weight is 317 g/mol. The van der Waals surface area contributed by atoms with Gasteiger partial charge in [0.25, 0.3) is 5.91 Å². The van der Waals surface area contributed by atoms with Gasteiger partial charge in [-0.15, -0.1) is 11.3 Å². The molecule has 6 heteroatoms. The van der Waals surface area contributed by atoms with E-state index in [9.17, 15) is 9.18 Å². The number of hydrogen-bond donors (Lipinski definition) is 2. The Morgan fingerprint density at radius 1 is 1.41 bits per heavy atom. The van der Waals surface area contributed by atoms with Gasteiger partial charge >= 0.3 is 0 Å².